The average Bonchev–Trinajstić information content (AvgIpc) is 2.72. The van der Waals surface area contributed by atoms with Crippen molar-refractivity contribution >= 4 is 31.9 Å². The Morgan fingerprint density at radius 1 is 0.538 bits per heavy atom. The maximum Gasteiger partial charge on any atom is 0.119 e. The Balaban J connectivity index is 1.55. The molecule has 0 amide bonds. The third kappa shape index (κ3) is 5.61. The first-order valence-electron chi connectivity index (χ1n) is 8.40. The summed E-state index contributed by atoms with van der Waals surface area (Å²) in [6.07, 6.45) is 0. The van der Waals surface area contributed by atoms with Crippen LogP contribution < -0.4 is 9.47 Å². The second kappa shape index (κ2) is 9.79. The quantitative estimate of drug-likeness (QED) is 0.340. The normalized spacial score (nSPS) is 10.5. The van der Waals surface area contributed by atoms with Crippen LogP contribution in [0.15, 0.2) is 72.8 Å². The van der Waals surface area contributed by atoms with Crippen LogP contribution in [0.3, 0.4) is 0 Å². The van der Waals surface area contributed by atoms with Crippen molar-refractivity contribution in [2.75, 3.05) is 0 Å². The van der Waals surface area contributed by atoms with Crippen LogP contribution in [0.1, 0.15) is 22.3 Å². The molecule has 0 fully saturated rings. The first-order chi connectivity index (χ1) is 12.8. The van der Waals surface area contributed by atoms with Crippen LogP contribution in [0.25, 0.3) is 0 Å². The fourth-order valence-corrected chi connectivity index (χ4v) is 3.24. The summed E-state index contributed by atoms with van der Waals surface area (Å²) in [7, 11) is 0. The van der Waals surface area contributed by atoms with E-state index in [-0.39, 0.29) is 0 Å². The number of hydrogen-bond acceptors (Lipinski definition) is 2. The Bertz CT molecular complexity index is 748. The van der Waals surface area contributed by atoms with Gasteiger partial charge in [0.2, 0.25) is 0 Å². The van der Waals surface area contributed by atoms with E-state index in [9.17, 15) is 0 Å². The van der Waals surface area contributed by atoms with Crippen molar-refractivity contribution in [2.45, 2.75) is 23.9 Å². The van der Waals surface area contributed by atoms with Gasteiger partial charge in [-0.15, -0.1) is 0 Å². The zero-order valence-corrected chi connectivity index (χ0v) is 17.5. The Morgan fingerprint density at radius 3 is 1.35 bits per heavy atom. The van der Waals surface area contributed by atoms with Gasteiger partial charge >= 0.3 is 0 Å². The Hall–Kier alpha value is -1.78. The van der Waals surface area contributed by atoms with E-state index in [1.165, 1.54) is 11.1 Å². The lowest BCUT2D eigenvalue weighted by Crippen LogP contribution is -1.99. The molecule has 0 aromatic heterocycles. The Labute approximate surface area is 171 Å². The SMILES string of the molecule is BrCc1ccc(OCc2cccc(COc3ccc(CBr)cc3)c2)cc1. The second-order valence-corrected chi connectivity index (χ2v) is 7.07. The van der Waals surface area contributed by atoms with Gasteiger partial charge in [0.1, 0.15) is 24.7 Å². The molecule has 2 nitrogen and oxygen atoms in total. The Morgan fingerprint density at radius 2 is 0.962 bits per heavy atom. The predicted molar refractivity (Wildman–Crippen MR) is 113 cm³/mol. The summed E-state index contributed by atoms with van der Waals surface area (Å²) in [6.45, 7) is 1.09. The number of halogens is 2. The molecule has 0 radical (unpaired) electrons. The topological polar surface area (TPSA) is 18.5 Å². The van der Waals surface area contributed by atoms with Crippen LogP contribution in [0, 0.1) is 0 Å². The maximum absolute atomic E-state index is 5.87. The van der Waals surface area contributed by atoms with E-state index in [0.717, 1.165) is 33.3 Å². The van der Waals surface area contributed by atoms with Gasteiger partial charge in [-0.3, -0.25) is 0 Å². The second-order valence-electron chi connectivity index (χ2n) is 5.95. The molecular formula is C22H20Br2O2. The first-order valence-corrected chi connectivity index (χ1v) is 10.6. The van der Waals surface area contributed by atoms with Crippen LogP contribution in [0.5, 0.6) is 11.5 Å². The monoisotopic (exact) mass is 474 g/mol. The van der Waals surface area contributed by atoms with Crippen molar-refractivity contribution in [2.24, 2.45) is 0 Å². The summed E-state index contributed by atoms with van der Waals surface area (Å²) in [5, 5.41) is 1.71. The molecule has 3 aromatic carbocycles. The summed E-state index contributed by atoms with van der Waals surface area (Å²) >= 11 is 6.90. The number of hydrogen-bond donors (Lipinski definition) is 0. The molecule has 0 bridgehead atoms. The summed E-state index contributed by atoms with van der Waals surface area (Å²) in [6, 6.07) is 24.6. The molecule has 26 heavy (non-hydrogen) atoms. The lowest BCUT2D eigenvalue weighted by Gasteiger charge is -2.10. The van der Waals surface area contributed by atoms with Crippen LogP contribution in [-0.2, 0) is 23.9 Å². The van der Waals surface area contributed by atoms with Gasteiger partial charge in [-0.2, -0.15) is 0 Å². The predicted octanol–water partition coefficient (Wildman–Crippen LogP) is 6.63. The molecule has 3 rings (SSSR count). The standard InChI is InChI=1S/C22H20Br2O2/c23-13-17-4-8-21(9-5-17)25-15-19-2-1-3-20(12-19)16-26-22-10-6-18(14-24)7-11-22/h1-12H,13-16H2. The average molecular weight is 476 g/mol. The molecule has 0 aliphatic rings. The molecule has 3 aromatic rings. The third-order valence-corrected chi connectivity index (χ3v) is 5.25. The lowest BCUT2D eigenvalue weighted by atomic mass is 10.1. The molecule has 0 saturated heterocycles. The van der Waals surface area contributed by atoms with Gasteiger partial charge < -0.3 is 9.47 Å². The van der Waals surface area contributed by atoms with E-state index >= 15 is 0 Å². The highest BCUT2D eigenvalue weighted by Gasteiger charge is 2.01. The molecule has 0 aliphatic heterocycles. The fraction of sp³-hybridized carbons (Fsp3) is 0.182. The zero-order valence-electron chi connectivity index (χ0n) is 14.3. The molecule has 134 valence electrons. The van der Waals surface area contributed by atoms with E-state index in [1.54, 1.807) is 0 Å². The molecule has 0 saturated carbocycles. The minimum absolute atomic E-state index is 0.543. The third-order valence-electron chi connectivity index (χ3n) is 3.96. The minimum Gasteiger partial charge on any atom is -0.489 e. The van der Waals surface area contributed by atoms with Gasteiger partial charge in [-0.05, 0) is 52.6 Å². The molecular weight excluding hydrogens is 456 g/mol. The molecule has 0 atom stereocenters. The van der Waals surface area contributed by atoms with Crippen molar-refractivity contribution in [3.63, 3.8) is 0 Å². The zero-order chi connectivity index (χ0) is 18.2. The highest BCUT2D eigenvalue weighted by molar-refractivity contribution is 9.08. The van der Waals surface area contributed by atoms with E-state index in [4.69, 9.17) is 9.47 Å². The smallest absolute Gasteiger partial charge is 0.119 e. The van der Waals surface area contributed by atoms with E-state index < -0.39 is 0 Å². The van der Waals surface area contributed by atoms with E-state index in [2.05, 4.69) is 74.3 Å². The maximum atomic E-state index is 5.87. The van der Waals surface area contributed by atoms with Crippen molar-refractivity contribution in [3.05, 3.63) is 95.1 Å². The molecule has 0 aliphatic carbocycles. The van der Waals surface area contributed by atoms with Crippen molar-refractivity contribution < 1.29 is 9.47 Å². The summed E-state index contributed by atoms with van der Waals surface area (Å²) in [5.41, 5.74) is 4.73. The van der Waals surface area contributed by atoms with Crippen molar-refractivity contribution in [3.8, 4) is 11.5 Å². The van der Waals surface area contributed by atoms with Gasteiger partial charge in [-0.25, -0.2) is 0 Å². The van der Waals surface area contributed by atoms with E-state index in [0.29, 0.717) is 13.2 Å². The summed E-state index contributed by atoms with van der Waals surface area (Å²) in [4.78, 5) is 0. The molecule has 0 heterocycles. The van der Waals surface area contributed by atoms with Gasteiger partial charge in [0.15, 0.2) is 0 Å². The minimum atomic E-state index is 0.543. The first kappa shape index (κ1) is 19.0. The van der Waals surface area contributed by atoms with Gasteiger partial charge in [-0.1, -0.05) is 74.3 Å². The van der Waals surface area contributed by atoms with Gasteiger partial charge in [0, 0.05) is 10.7 Å². The number of ether oxygens (including phenoxy) is 2. The summed E-state index contributed by atoms with van der Waals surface area (Å²) < 4.78 is 11.7. The van der Waals surface area contributed by atoms with Crippen LogP contribution in [0.4, 0.5) is 0 Å². The Kier molecular flexibility index (Phi) is 7.15. The van der Waals surface area contributed by atoms with E-state index in [1.807, 2.05) is 30.3 Å². The number of alkyl halides is 2. The highest BCUT2D eigenvalue weighted by Crippen LogP contribution is 2.18. The fourth-order valence-electron chi connectivity index (χ4n) is 2.49. The van der Waals surface area contributed by atoms with Crippen LogP contribution in [-0.4, -0.2) is 0 Å². The molecule has 4 heteroatoms. The summed E-state index contributed by atoms with van der Waals surface area (Å²) in [5.74, 6) is 1.76. The lowest BCUT2D eigenvalue weighted by molar-refractivity contribution is 0.300. The molecule has 0 N–H and O–H groups in total. The number of rotatable bonds is 8. The van der Waals surface area contributed by atoms with Crippen LogP contribution >= 0.6 is 31.9 Å². The van der Waals surface area contributed by atoms with Crippen LogP contribution in [0.2, 0.25) is 0 Å². The van der Waals surface area contributed by atoms with Crippen molar-refractivity contribution in [1.82, 2.24) is 0 Å². The number of benzene rings is 3. The molecule has 0 spiro atoms. The molecule has 0 unspecified atom stereocenters. The van der Waals surface area contributed by atoms with Crippen molar-refractivity contribution in [1.29, 1.82) is 0 Å². The largest absolute Gasteiger partial charge is 0.489 e. The van der Waals surface area contributed by atoms with Gasteiger partial charge in [0.25, 0.3) is 0 Å². The van der Waals surface area contributed by atoms with Gasteiger partial charge in [0.05, 0.1) is 0 Å². The highest BCUT2D eigenvalue weighted by atomic mass is 79.9.